The van der Waals surface area contributed by atoms with E-state index < -0.39 is 11.7 Å². The Morgan fingerprint density at radius 1 is 1.17 bits per heavy atom. The molecule has 0 bridgehead atoms. The smallest absolute Gasteiger partial charge is 0.328 e. The third kappa shape index (κ3) is 4.28. The summed E-state index contributed by atoms with van der Waals surface area (Å²) < 4.78 is 37.9. The molecule has 24 heavy (non-hydrogen) atoms. The number of hydrogen-bond acceptors (Lipinski definition) is 3. The van der Waals surface area contributed by atoms with E-state index in [1.54, 1.807) is 6.20 Å². The summed E-state index contributed by atoms with van der Waals surface area (Å²) in [6.45, 7) is 2.58. The van der Waals surface area contributed by atoms with E-state index in [4.69, 9.17) is 5.73 Å². The van der Waals surface area contributed by atoms with Crippen LogP contribution in [-0.4, -0.2) is 34.2 Å². The van der Waals surface area contributed by atoms with Gasteiger partial charge < -0.3 is 5.73 Å². The maximum Gasteiger partial charge on any atom is 0.416 e. The van der Waals surface area contributed by atoms with Gasteiger partial charge in [0.1, 0.15) is 0 Å². The van der Waals surface area contributed by atoms with Gasteiger partial charge in [0.15, 0.2) is 0 Å². The van der Waals surface area contributed by atoms with E-state index in [-0.39, 0.29) is 18.4 Å². The summed E-state index contributed by atoms with van der Waals surface area (Å²) in [6.07, 6.45) is -0.648. The maximum atomic E-state index is 12.6. The van der Waals surface area contributed by atoms with E-state index in [1.807, 2.05) is 0 Å². The van der Waals surface area contributed by atoms with Gasteiger partial charge in [-0.15, -0.1) is 12.4 Å². The fraction of sp³-hybridized carbons (Fsp3) is 0.438. The van der Waals surface area contributed by atoms with Gasteiger partial charge in [-0.3, -0.25) is 10.00 Å². The van der Waals surface area contributed by atoms with Crippen LogP contribution >= 0.6 is 12.4 Å². The summed E-state index contributed by atoms with van der Waals surface area (Å²) in [7, 11) is 0. The Hall–Kier alpha value is -1.57. The number of hydrogen-bond donors (Lipinski definition) is 2. The zero-order chi connectivity index (χ0) is 16.4. The molecule has 2 aromatic rings. The van der Waals surface area contributed by atoms with E-state index >= 15 is 0 Å². The second-order valence-electron chi connectivity index (χ2n) is 5.96. The van der Waals surface area contributed by atoms with Crippen LogP contribution < -0.4 is 5.73 Å². The number of aromatic amines is 1. The van der Waals surface area contributed by atoms with Crippen LogP contribution in [0, 0.1) is 0 Å². The molecule has 0 saturated carbocycles. The molecule has 1 aliphatic heterocycles. The van der Waals surface area contributed by atoms with Crippen molar-refractivity contribution >= 4 is 12.4 Å². The van der Waals surface area contributed by atoms with Crippen molar-refractivity contribution in [2.45, 2.75) is 31.6 Å². The van der Waals surface area contributed by atoms with Crippen LogP contribution in [0.4, 0.5) is 13.2 Å². The molecule has 132 valence electrons. The number of alkyl halides is 3. The quantitative estimate of drug-likeness (QED) is 0.881. The Morgan fingerprint density at radius 2 is 1.79 bits per heavy atom. The highest BCUT2D eigenvalue weighted by Crippen LogP contribution is 2.31. The molecule has 1 aliphatic rings. The fourth-order valence-corrected chi connectivity index (χ4v) is 2.86. The summed E-state index contributed by atoms with van der Waals surface area (Å²) in [5, 5.41) is 6.95. The van der Waals surface area contributed by atoms with E-state index in [1.165, 1.54) is 12.1 Å². The van der Waals surface area contributed by atoms with Crippen LogP contribution in [0.3, 0.4) is 0 Å². The number of rotatable bonds is 3. The molecule has 1 aromatic carbocycles. The van der Waals surface area contributed by atoms with Gasteiger partial charge in [-0.25, -0.2) is 0 Å². The first-order valence-electron chi connectivity index (χ1n) is 7.61. The predicted octanol–water partition coefficient (Wildman–Crippen LogP) is 3.44. The summed E-state index contributed by atoms with van der Waals surface area (Å²) in [5.74, 6) is 0. The number of nitrogens with two attached hydrogens (primary N) is 1. The lowest BCUT2D eigenvalue weighted by molar-refractivity contribution is -0.137. The first-order valence-corrected chi connectivity index (χ1v) is 7.61. The second-order valence-corrected chi connectivity index (χ2v) is 5.96. The number of H-pyrrole nitrogens is 1. The van der Waals surface area contributed by atoms with Crippen LogP contribution in [0.25, 0.3) is 11.3 Å². The zero-order valence-electron chi connectivity index (χ0n) is 13.0. The van der Waals surface area contributed by atoms with Gasteiger partial charge in [0, 0.05) is 18.2 Å². The summed E-state index contributed by atoms with van der Waals surface area (Å²) >= 11 is 0. The van der Waals surface area contributed by atoms with E-state index in [0.717, 1.165) is 55.9 Å². The number of nitrogens with one attached hydrogen (secondary N) is 1. The number of aromatic nitrogens is 2. The molecular formula is C16H20ClF3N4. The monoisotopic (exact) mass is 360 g/mol. The van der Waals surface area contributed by atoms with Gasteiger partial charge in [-0.05, 0) is 43.6 Å². The molecule has 3 rings (SSSR count). The molecule has 1 fully saturated rings. The van der Waals surface area contributed by atoms with Crippen LogP contribution in [0.2, 0.25) is 0 Å². The first kappa shape index (κ1) is 18.8. The molecule has 0 spiro atoms. The van der Waals surface area contributed by atoms with E-state index in [0.29, 0.717) is 5.56 Å². The Balaban J connectivity index is 0.00000208. The van der Waals surface area contributed by atoms with Crippen LogP contribution in [0.15, 0.2) is 30.5 Å². The topological polar surface area (TPSA) is 57.9 Å². The first-order chi connectivity index (χ1) is 10.9. The van der Waals surface area contributed by atoms with Crippen molar-refractivity contribution in [1.29, 1.82) is 0 Å². The van der Waals surface area contributed by atoms with Crippen molar-refractivity contribution in [3.8, 4) is 11.3 Å². The lowest BCUT2D eigenvalue weighted by Gasteiger charge is -2.29. The maximum absolute atomic E-state index is 12.6. The fourth-order valence-electron chi connectivity index (χ4n) is 2.86. The van der Waals surface area contributed by atoms with Crippen molar-refractivity contribution in [2.75, 3.05) is 13.1 Å². The molecule has 0 amide bonds. The summed E-state index contributed by atoms with van der Waals surface area (Å²) in [4.78, 5) is 2.29. The van der Waals surface area contributed by atoms with Crippen molar-refractivity contribution in [2.24, 2.45) is 5.73 Å². The highest BCUT2D eigenvalue weighted by atomic mass is 35.5. The van der Waals surface area contributed by atoms with Crippen LogP contribution in [0.1, 0.15) is 24.0 Å². The third-order valence-corrected chi connectivity index (χ3v) is 4.24. The predicted molar refractivity (Wildman–Crippen MR) is 88.8 cm³/mol. The Kier molecular flexibility index (Phi) is 5.90. The SMILES string of the molecule is Cl.NC1CCN(Cc2cn[nH]c2-c2ccc(C(F)(F)F)cc2)CC1. The molecule has 2 heterocycles. The van der Waals surface area contributed by atoms with Crippen molar-refractivity contribution in [3.05, 3.63) is 41.6 Å². The number of nitrogens with zero attached hydrogens (tertiary/aromatic N) is 2. The number of piperidine rings is 1. The molecule has 0 unspecified atom stereocenters. The molecule has 1 aromatic heterocycles. The Labute approximate surface area is 144 Å². The van der Waals surface area contributed by atoms with Gasteiger partial charge in [-0.2, -0.15) is 18.3 Å². The largest absolute Gasteiger partial charge is 0.416 e. The van der Waals surface area contributed by atoms with Gasteiger partial charge in [0.2, 0.25) is 0 Å². The van der Waals surface area contributed by atoms with E-state index in [2.05, 4.69) is 15.1 Å². The van der Waals surface area contributed by atoms with Crippen LogP contribution in [0.5, 0.6) is 0 Å². The minimum Gasteiger partial charge on any atom is -0.328 e. The normalized spacial score (nSPS) is 16.8. The van der Waals surface area contributed by atoms with E-state index in [9.17, 15) is 13.2 Å². The van der Waals surface area contributed by atoms with Crippen molar-refractivity contribution in [3.63, 3.8) is 0 Å². The van der Waals surface area contributed by atoms with Gasteiger partial charge >= 0.3 is 6.18 Å². The lowest BCUT2D eigenvalue weighted by Crippen LogP contribution is -2.39. The van der Waals surface area contributed by atoms with Crippen molar-refractivity contribution in [1.82, 2.24) is 15.1 Å². The molecular weight excluding hydrogens is 341 g/mol. The minimum atomic E-state index is -4.32. The third-order valence-electron chi connectivity index (χ3n) is 4.24. The van der Waals surface area contributed by atoms with Gasteiger partial charge in [0.25, 0.3) is 0 Å². The van der Waals surface area contributed by atoms with Crippen LogP contribution in [-0.2, 0) is 12.7 Å². The highest BCUT2D eigenvalue weighted by Gasteiger charge is 2.30. The van der Waals surface area contributed by atoms with Crippen molar-refractivity contribution < 1.29 is 13.2 Å². The minimum absolute atomic E-state index is 0. The molecule has 8 heteroatoms. The molecule has 4 nitrogen and oxygen atoms in total. The second kappa shape index (κ2) is 7.55. The molecule has 0 aliphatic carbocycles. The summed E-state index contributed by atoms with van der Waals surface area (Å²) in [6, 6.07) is 5.42. The number of likely N-dealkylation sites (tertiary alicyclic amines) is 1. The molecule has 3 N–H and O–H groups in total. The molecule has 0 atom stereocenters. The average Bonchev–Trinajstić information content (AvgIpc) is 2.97. The average molecular weight is 361 g/mol. The highest BCUT2D eigenvalue weighted by molar-refractivity contribution is 5.85. The van der Waals surface area contributed by atoms with Gasteiger partial charge in [0.05, 0.1) is 17.5 Å². The van der Waals surface area contributed by atoms with Gasteiger partial charge in [-0.1, -0.05) is 12.1 Å². The molecule has 0 radical (unpaired) electrons. The zero-order valence-corrected chi connectivity index (χ0v) is 13.8. The summed E-state index contributed by atoms with van der Waals surface area (Å²) in [5.41, 5.74) is 7.72. The lowest BCUT2D eigenvalue weighted by atomic mass is 10.0. The molecule has 1 saturated heterocycles. The standard InChI is InChI=1S/C16H19F3N4.ClH/c17-16(18,19)13-3-1-11(2-4-13)15-12(9-21-22-15)10-23-7-5-14(20)6-8-23;/h1-4,9,14H,5-8,10,20H2,(H,21,22);1H. The Bertz CT molecular complexity index is 646. The number of benzene rings is 1. The number of halogens is 4. The Morgan fingerprint density at radius 3 is 2.38 bits per heavy atom.